The molecule has 2 amide bonds. The van der Waals surface area contributed by atoms with E-state index in [-0.39, 0.29) is 12.1 Å². The van der Waals surface area contributed by atoms with Gasteiger partial charge in [0.25, 0.3) is 0 Å². The summed E-state index contributed by atoms with van der Waals surface area (Å²) in [4.78, 5) is 13.8. The van der Waals surface area contributed by atoms with Crippen molar-refractivity contribution in [3.05, 3.63) is 35.9 Å². The lowest BCUT2D eigenvalue weighted by atomic mass is 10.1. The maximum absolute atomic E-state index is 12.1. The summed E-state index contributed by atoms with van der Waals surface area (Å²) < 4.78 is 25.0. The van der Waals surface area contributed by atoms with Gasteiger partial charge in [0.2, 0.25) is 10.0 Å². The Morgan fingerprint density at radius 2 is 1.86 bits per heavy atom. The number of urea groups is 1. The van der Waals surface area contributed by atoms with Crippen molar-refractivity contribution >= 4 is 16.1 Å². The van der Waals surface area contributed by atoms with Gasteiger partial charge in [-0.2, -0.15) is 0 Å². The fourth-order valence-corrected chi connectivity index (χ4v) is 3.41. The van der Waals surface area contributed by atoms with Gasteiger partial charge < -0.3 is 10.2 Å². The third kappa shape index (κ3) is 5.65. The summed E-state index contributed by atoms with van der Waals surface area (Å²) >= 11 is 0. The highest BCUT2D eigenvalue weighted by atomic mass is 32.2. The minimum Gasteiger partial charge on any atom is -0.338 e. The summed E-state index contributed by atoms with van der Waals surface area (Å²) in [5, 5.41) is 2.91. The molecule has 1 saturated heterocycles. The van der Waals surface area contributed by atoms with E-state index in [9.17, 15) is 13.2 Å². The maximum atomic E-state index is 12.1. The highest BCUT2D eigenvalue weighted by Crippen LogP contribution is 2.11. The number of rotatable bonds is 5. The average Bonchev–Trinajstić information content (AvgIpc) is 2.47. The van der Waals surface area contributed by atoms with Crippen molar-refractivity contribution in [3.63, 3.8) is 0 Å². The largest absolute Gasteiger partial charge is 0.338 e. The van der Waals surface area contributed by atoms with Crippen LogP contribution in [0.1, 0.15) is 18.4 Å². The van der Waals surface area contributed by atoms with Gasteiger partial charge in [-0.25, -0.2) is 17.9 Å². The van der Waals surface area contributed by atoms with E-state index in [1.54, 1.807) is 4.90 Å². The van der Waals surface area contributed by atoms with E-state index in [4.69, 9.17) is 0 Å². The predicted molar refractivity (Wildman–Crippen MR) is 86.1 cm³/mol. The van der Waals surface area contributed by atoms with Crippen LogP contribution in [0.4, 0.5) is 4.79 Å². The van der Waals surface area contributed by atoms with Gasteiger partial charge in [-0.15, -0.1) is 0 Å². The number of sulfonamides is 1. The number of hydrogen-bond acceptors (Lipinski definition) is 3. The molecule has 122 valence electrons. The molecule has 22 heavy (non-hydrogen) atoms. The van der Waals surface area contributed by atoms with Gasteiger partial charge in [0.05, 0.1) is 6.26 Å². The number of amides is 2. The summed E-state index contributed by atoms with van der Waals surface area (Å²) in [5.74, 6) is 0. The van der Waals surface area contributed by atoms with Gasteiger partial charge in [0.15, 0.2) is 0 Å². The van der Waals surface area contributed by atoms with Crippen LogP contribution >= 0.6 is 0 Å². The minimum atomic E-state index is -3.18. The second kappa shape index (κ2) is 7.60. The number of likely N-dealkylation sites (tertiary alicyclic amines) is 1. The van der Waals surface area contributed by atoms with Crippen LogP contribution in [0.2, 0.25) is 0 Å². The Hall–Kier alpha value is -1.60. The third-order valence-electron chi connectivity index (χ3n) is 3.70. The highest BCUT2D eigenvalue weighted by Gasteiger charge is 2.24. The summed E-state index contributed by atoms with van der Waals surface area (Å²) in [5.41, 5.74) is 1.19. The molecule has 0 spiro atoms. The lowest BCUT2D eigenvalue weighted by Gasteiger charge is -2.32. The van der Waals surface area contributed by atoms with Crippen molar-refractivity contribution in [3.8, 4) is 0 Å². The van der Waals surface area contributed by atoms with Crippen LogP contribution in [0.25, 0.3) is 0 Å². The van der Waals surface area contributed by atoms with E-state index < -0.39 is 10.0 Å². The number of nitrogens with zero attached hydrogens (tertiary/aromatic N) is 1. The zero-order chi connectivity index (χ0) is 16.0. The molecule has 6 nitrogen and oxygen atoms in total. The van der Waals surface area contributed by atoms with E-state index in [0.717, 1.165) is 12.7 Å². The maximum Gasteiger partial charge on any atom is 0.317 e. The zero-order valence-electron chi connectivity index (χ0n) is 12.8. The number of benzene rings is 1. The Morgan fingerprint density at radius 1 is 1.23 bits per heavy atom. The topological polar surface area (TPSA) is 78.5 Å². The number of hydrogen-bond donors (Lipinski definition) is 2. The second-order valence-electron chi connectivity index (χ2n) is 5.62. The molecule has 1 fully saturated rings. The second-order valence-corrected chi connectivity index (χ2v) is 7.40. The van der Waals surface area contributed by atoms with Gasteiger partial charge in [-0.05, 0) is 24.8 Å². The highest BCUT2D eigenvalue weighted by molar-refractivity contribution is 7.88. The van der Waals surface area contributed by atoms with E-state index in [2.05, 4.69) is 10.0 Å². The first kappa shape index (κ1) is 16.8. The third-order valence-corrected chi connectivity index (χ3v) is 4.46. The number of piperidine rings is 1. The number of nitrogens with one attached hydrogen (secondary N) is 2. The van der Waals surface area contributed by atoms with Crippen LogP contribution in [-0.2, 0) is 16.4 Å². The predicted octanol–water partition coefficient (Wildman–Crippen LogP) is 0.952. The normalized spacial score (nSPS) is 16.5. The summed E-state index contributed by atoms with van der Waals surface area (Å²) in [6.45, 7) is 1.75. The van der Waals surface area contributed by atoms with Crippen molar-refractivity contribution in [2.75, 3.05) is 25.9 Å². The molecular formula is C15H23N3O3S. The molecule has 1 aliphatic rings. The SMILES string of the molecule is CS(=O)(=O)NC1CCN(C(=O)NCCc2ccccc2)CC1. The van der Waals surface area contributed by atoms with Gasteiger partial charge >= 0.3 is 6.03 Å². The average molecular weight is 325 g/mol. The molecule has 0 aromatic heterocycles. The van der Waals surface area contributed by atoms with E-state index in [1.807, 2.05) is 30.3 Å². The molecule has 2 rings (SSSR count). The smallest absolute Gasteiger partial charge is 0.317 e. The molecule has 0 saturated carbocycles. The molecule has 0 atom stereocenters. The van der Waals surface area contributed by atoms with Crippen molar-refractivity contribution in [2.24, 2.45) is 0 Å². The molecule has 2 N–H and O–H groups in total. The molecule has 1 aromatic carbocycles. The molecular weight excluding hydrogens is 302 g/mol. The Morgan fingerprint density at radius 3 is 2.45 bits per heavy atom. The molecule has 7 heteroatoms. The molecule has 0 bridgehead atoms. The summed E-state index contributed by atoms with van der Waals surface area (Å²) in [6.07, 6.45) is 3.27. The van der Waals surface area contributed by atoms with Crippen molar-refractivity contribution in [1.82, 2.24) is 14.9 Å². The molecule has 1 aromatic rings. The summed E-state index contributed by atoms with van der Waals surface area (Å²) in [6, 6.07) is 9.87. The first-order valence-electron chi connectivity index (χ1n) is 7.48. The lowest BCUT2D eigenvalue weighted by Crippen LogP contribution is -2.49. The minimum absolute atomic E-state index is 0.0663. The van der Waals surface area contributed by atoms with Gasteiger partial charge in [0, 0.05) is 25.7 Å². The lowest BCUT2D eigenvalue weighted by molar-refractivity contribution is 0.180. The van der Waals surface area contributed by atoms with Crippen molar-refractivity contribution in [1.29, 1.82) is 0 Å². The fraction of sp³-hybridized carbons (Fsp3) is 0.533. The first-order valence-corrected chi connectivity index (χ1v) is 9.37. The van der Waals surface area contributed by atoms with Crippen LogP contribution in [0.3, 0.4) is 0 Å². The first-order chi connectivity index (χ1) is 10.4. The quantitative estimate of drug-likeness (QED) is 0.846. The van der Waals surface area contributed by atoms with Crippen LogP contribution in [0, 0.1) is 0 Å². The van der Waals surface area contributed by atoms with Crippen LogP contribution in [-0.4, -0.2) is 51.3 Å². The molecule has 0 radical (unpaired) electrons. The molecule has 1 heterocycles. The zero-order valence-corrected chi connectivity index (χ0v) is 13.6. The Kier molecular flexibility index (Phi) is 5.79. The van der Waals surface area contributed by atoms with Crippen molar-refractivity contribution < 1.29 is 13.2 Å². The van der Waals surface area contributed by atoms with Crippen LogP contribution in [0.5, 0.6) is 0 Å². The Bertz CT molecular complexity index is 581. The van der Waals surface area contributed by atoms with Crippen LogP contribution in [0.15, 0.2) is 30.3 Å². The van der Waals surface area contributed by atoms with Gasteiger partial charge in [-0.3, -0.25) is 0 Å². The van der Waals surface area contributed by atoms with E-state index in [0.29, 0.717) is 32.5 Å². The van der Waals surface area contributed by atoms with E-state index in [1.165, 1.54) is 5.56 Å². The number of carbonyl (C=O) groups excluding carboxylic acids is 1. The van der Waals surface area contributed by atoms with E-state index >= 15 is 0 Å². The van der Waals surface area contributed by atoms with Gasteiger partial charge in [-0.1, -0.05) is 30.3 Å². The van der Waals surface area contributed by atoms with Crippen molar-refractivity contribution in [2.45, 2.75) is 25.3 Å². The van der Waals surface area contributed by atoms with Crippen LogP contribution < -0.4 is 10.0 Å². The Balaban J connectivity index is 1.69. The van der Waals surface area contributed by atoms with Gasteiger partial charge in [0.1, 0.15) is 0 Å². The summed E-state index contributed by atoms with van der Waals surface area (Å²) in [7, 11) is -3.18. The number of carbonyl (C=O) groups is 1. The fourth-order valence-electron chi connectivity index (χ4n) is 2.57. The standard InChI is InChI=1S/C15H23N3O3S/c1-22(20,21)17-14-8-11-18(12-9-14)15(19)16-10-7-13-5-3-2-4-6-13/h2-6,14,17H,7-12H2,1H3,(H,16,19). The molecule has 0 unspecified atom stereocenters. The Labute approximate surface area is 131 Å². The molecule has 0 aliphatic carbocycles. The monoisotopic (exact) mass is 325 g/mol. The molecule has 1 aliphatic heterocycles.